The molecule has 0 aliphatic rings. The van der Waals surface area contributed by atoms with Crippen LogP contribution in [0.15, 0.2) is 0 Å². The Balaban J connectivity index is 3.12. The Morgan fingerprint density at radius 3 is 0.568 bits per heavy atom. The largest absolute Gasteiger partial charge is 0.463 e. The third-order valence-corrected chi connectivity index (χ3v) is 12.7. The molecule has 0 N–H and O–H groups in total. The molecule has 0 saturated carbocycles. The van der Waals surface area contributed by atoms with Crippen molar-refractivity contribution in [3.8, 4) is 0 Å². The third-order valence-electron chi connectivity index (χ3n) is 12.7. The summed E-state index contributed by atoms with van der Waals surface area (Å²) in [6, 6.07) is 0. The van der Waals surface area contributed by atoms with Crippen molar-refractivity contribution in [2.24, 2.45) is 0 Å². The highest BCUT2D eigenvalue weighted by atomic mass is 16.6. The third kappa shape index (κ3) is 69.0. The van der Waals surface area contributed by atoms with Gasteiger partial charge in [-0.1, -0.05) is 200 Å². The van der Waals surface area contributed by atoms with Crippen LogP contribution in [0.1, 0.15) is 219 Å². The summed E-state index contributed by atoms with van der Waals surface area (Å²) in [6.45, 7) is 17.5. The van der Waals surface area contributed by atoms with E-state index >= 15 is 0 Å². The number of carbonyl (C=O) groups is 1. The van der Waals surface area contributed by atoms with Gasteiger partial charge >= 0.3 is 5.97 Å². The van der Waals surface area contributed by atoms with Gasteiger partial charge in [0.1, 0.15) is 6.61 Å². The monoisotopic (exact) mass is 1060 g/mol. The molecule has 0 aromatic carbocycles. The molecule has 0 amide bonds. The first-order valence-corrected chi connectivity index (χ1v) is 30.9. The lowest BCUT2D eigenvalue weighted by molar-refractivity contribution is -0.145. The Bertz CT molecular complexity index is 997. The van der Waals surface area contributed by atoms with Crippen LogP contribution < -0.4 is 0 Å². The summed E-state index contributed by atoms with van der Waals surface area (Å²) in [7, 11) is 0. The van der Waals surface area contributed by atoms with Crippen molar-refractivity contribution in [2.45, 2.75) is 219 Å². The van der Waals surface area contributed by atoms with Gasteiger partial charge in [-0.05, 0) is 12.8 Å². The number of hydrogen-bond acceptors (Lipinski definition) is 14. The zero-order valence-corrected chi connectivity index (χ0v) is 48.5. The molecule has 0 aliphatic heterocycles. The fourth-order valence-corrected chi connectivity index (χ4v) is 8.20. The lowest BCUT2D eigenvalue weighted by Crippen LogP contribution is -2.15. The van der Waals surface area contributed by atoms with Crippen LogP contribution in [0.4, 0.5) is 0 Å². The van der Waals surface area contributed by atoms with E-state index in [2.05, 4.69) is 13.8 Å². The molecular weight excluding hydrogens is 945 g/mol. The van der Waals surface area contributed by atoms with Crippen LogP contribution >= 0.6 is 0 Å². The van der Waals surface area contributed by atoms with Gasteiger partial charge in [-0.2, -0.15) is 0 Å². The molecule has 14 heteroatoms. The molecule has 0 heterocycles. The van der Waals surface area contributed by atoms with E-state index in [-0.39, 0.29) is 12.6 Å². The van der Waals surface area contributed by atoms with E-state index in [0.29, 0.717) is 158 Å². The summed E-state index contributed by atoms with van der Waals surface area (Å²) in [5, 5.41) is 0. The predicted octanol–water partition coefficient (Wildman–Crippen LogP) is 13.3. The maximum Gasteiger partial charge on any atom is 0.305 e. The summed E-state index contributed by atoms with van der Waals surface area (Å²) in [6.07, 6.45) is 42.4. The smallest absolute Gasteiger partial charge is 0.305 e. The van der Waals surface area contributed by atoms with Gasteiger partial charge < -0.3 is 61.6 Å². The molecular formula is C60H120O14. The van der Waals surface area contributed by atoms with Crippen molar-refractivity contribution in [3.63, 3.8) is 0 Å². The summed E-state index contributed by atoms with van der Waals surface area (Å²) < 4.78 is 72.0. The van der Waals surface area contributed by atoms with Crippen molar-refractivity contribution < 1.29 is 66.4 Å². The number of unbranched alkanes of at least 4 members (excludes halogenated alkanes) is 29. The summed E-state index contributed by atoms with van der Waals surface area (Å²) in [5.41, 5.74) is 0. The number of rotatable bonds is 69. The Labute approximate surface area is 455 Å². The van der Waals surface area contributed by atoms with Gasteiger partial charge in [0.15, 0.2) is 0 Å². The molecule has 0 unspecified atom stereocenters. The molecule has 0 atom stereocenters. The van der Waals surface area contributed by atoms with Gasteiger partial charge in [-0.3, -0.25) is 4.79 Å². The molecule has 74 heavy (non-hydrogen) atoms. The molecule has 0 bridgehead atoms. The first kappa shape index (κ1) is 73.0. The zero-order valence-electron chi connectivity index (χ0n) is 48.5. The van der Waals surface area contributed by atoms with E-state index < -0.39 is 0 Å². The van der Waals surface area contributed by atoms with Crippen LogP contribution in [0, 0.1) is 0 Å². The second-order valence-corrected chi connectivity index (χ2v) is 19.6. The van der Waals surface area contributed by atoms with Crippen molar-refractivity contribution in [1.82, 2.24) is 0 Å². The standard InChI is InChI=1S/C60H120O14/c1-3-5-7-9-11-13-15-17-19-21-23-25-27-29-31-33-35-62-36-37-63-38-39-64-40-41-65-42-43-66-44-45-67-46-47-68-48-49-69-50-51-70-52-53-71-54-55-72-56-57-73-58-59-74-60(61)34-32-30-28-26-24-22-20-18-16-14-12-10-8-6-4-2/h3-59H2,1-2H3. The molecule has 0 aliphatic carbocycles. The summed E-state index contributed by atoms with van der Waals surface area (Å²) in [4.78, 5) is 11.9. The molecule has 444 valence electrons. The van der Waals surface area contributed by atoms with Crippen LogP contribution in [-0.2, 0) is 66.4 Å². The maximum absolute atomic E-state index is 11.9. The van der Waals surface area contributed by atoms with Crippen molar-refractivity contribution >= 4 is 5.97 Å². The molecule has 0 saturated heterocycles. The van der Waals surface area contributed by atoms with Gasteiger partial charge in [-0.15, -0.1) is 0 Å². The predicted molar refractivity (Wildman–Crippen MR) is 300 cm³/mol. The minimum atomic E-state index is -0.129. The Kier molecular flexibility index (Phi) is 69.0. The second kappa shape index (κ2) is 70.0. The molecule has 0 fully saturated rings. The first-order chi connectivity index (χ1) is 36.8. The molecule has 0 radical (unpaired) electrons. The highest BCUT2D eigenvalue weighted by Gasteiger charge is 2.04. The van der Waals surface area contributed by atoms with E-state index in [1.165, 1.54) is 180 Å². The fraction of sp³-hybridized carbons (Fsp3) is 0.983. The topological polar surface area (TPSA) is 137 Å². The first-order valence-electron chi connectivity index (χ1n) is 30.9. The zero-order chi connectivity index (χ0) is 53.1. The SMILES string of the molecule is CCCCCCCCCCCCCCCCCCOCCOCCOCCOCCOCCOCCOCCOCCOCCOCCOCCOCCOC(=O)CCCCCCCCCCCCCCCCC. The highest BCUT2D eigenvalue weighted by Crippen LogP contribution is 2.15. The lowest BCUT2D eigenvalue weighted by atomic mass is 10.0. The minimum absolute atomic E-state index is 0.129. The van der Waals surface area contributed by atoms with Crippen LogP contribution in [-0.4, -0.2) is 171 Å². The lowest BCUT2D eigenvalue weighted by Gasteiger charge is -2.09. The maximum atomic E-state index is 11.9. The quantitative estimate of drug-likeness (QED) is 0.0422. The molecule has 0 aromatic heterocycles. The van der Waals surface area contributed by atoms with Crippen molar-refractivity contribution in [2.75, 3.05) is 165 Å². The van der Waals surface area contributed by atoms with Crippen LogP contribution in [0.25, 0.3) is 0 Å². The van der Waals surface area contributed by atoms with E-state index in [1.807, 2.05) is 0 Å². The van der Waals surface area contributed by atoms with Crippen molar-refractivity contribution in [1.29, 1.82) is 0 Å². The Morgan fingerprint density at radius 1 is 0.189 bits per heavy atom. The fourth-order valence-electron chi connectivity index (χ4n) is 8.20. The second-order valence-electron chi connectivity index (χ2n) is 19.6. The van der Waals surface area contributed by atoms with E-state index in [9.17, 15) is 4.79 Å². The number of carbonyl (C=O) groups excluding carboxylic acids is 1. The van der Waals surface area contributed by atoms with Gasteiger partial charge in [0.25, 0.3) is 0 Å². The summed E-state index contributed by atoms with van der Waals surface area (Å²) >= 11 is 0. The average Bonchev–Trinajstić information content (AvgIpc) is 3.41. The molecule has 0 rings (SSSR count). The van der Waals surface area contributed by atoms with Crippen LogP contribution in [0.5, 0.6) is 0 Å². The normalized spacial score (nSPS) is 11.6. The number of ether oxygens (including phenoxy) is 13. The number of esters is 1. The Hall–Kier alpha value is -1.01. The van der Waals surface area contributed by atoms with Gasteiger partial charge in [0.2, 0.25) is 0 Å². The van der Waals surface area contributed by atoms with Crippen LogP contribution in [0.2, 0.25) is 0 Å². The molecule has 0 spiro atoms. The summed E-state index contributed by atoms with van der Waals surface area (Å²) in [5.74, 6) is -0.129. The average molecular weight is 1070 g/mol. The number of hydrogen-bond donors (Lipinski definition) is 0. The van der Waals surface area contributed by atoms with E-state index in [1.54, 1.807) is 0 Å². The highest BCUT2D eigenvalue weighted by molar-refractivity contribution is 5.69. The van der Waals surface area contributed by atoms with E-state index in [0.717, 1.165) is 25.9 Å². The van der Waals surface area contributed by atoms with E-state index in [4.69, 9.17) is 61.6 Å². The van der Waals surface area contributed by atoms with Crippen LogP contribution in [0.3, 0.4) is 0 Å². The molecule has 14 nitrogen and oxygen atoms in total. The molecule has 0 aromatic rings. The van der Waals surface area contributed by atoms with Gasteiger partial charge in [0, 0.05) is 13.0 Å². The minimum Gasteiger partial charge on any atom is -0.463 e. The van der Waals surface area contributed by atoms with Gasteiger partial charge in [0.05, 0.1) is 152 Å². The Morgan fingerprint density at radius 2 is 0.351 bits per heavy atom. The van der Waals surface area contributed by atoms with Gasteiger partial charge in [-0.25, -0.2) is 0 Å². The van der Waals surface area contributed by atoms with Crippen molar-refractivity contribution in [3.05, 3.63) is 0 Å².